The maximum absolute atomic E-state index is 13.8. The van der Waals surface area contributed by atoms with Gasteiger partial charge in [0.1, 0.15) is 11.9 Å². The molecule has 0 aromatic heterocycles. The first-order valence-electron chi connectivity index (χ1n) is 6.57. The van der Waals surface area contributed by atoms with Crippen molar-refractivity contribution >= 4 is 23.5 Å². The molecule has 0 aliphatic carbocycles. The first-order valence-corrected chi connectivity index (χ1v) is 6.57. The quantitative estimate of drug-likeness (QED) is 0.529. The normalized spacial score (nSPS) is 11.1. The molecule has 8 heteroatoms. The zero-order valence-electron chi connectivity index (χ0n) is 12.0. The summed E-state index contributed by atoms with van der Waals surface area (Å²) in [6.45, 7) is 0.110. The predicted octanol–water partition coefficient (Wildman–Crippen LogP) is 0.919. The highest BCUT2D eigenvalue weighted by Gasteiger charge is 2.22. The largest absolute Gasteiger partial charge is 0.481 e. The van der Waals surface area contributed by atoms with Crippen molar-refractivity contribution in [1.29, 1.82) is 0 Å². The molecule has 0 spiro atoms. The zero-order valence-corrected chi connectivity index (χ0v) is 12.0. The second-order valence-corrected chi connectivity index (χ2v) is 4.55. The average molecular weight is 322 g/mol. The minimum absolute atomic E-state index is 0.0877. The molecule has 0 aliphatic rings. The van der Waals surface area contributed by atoms with Gasteiger partial charge in [0.15, 0.2) is 0 Å². The van der Waals surface area contributed by atoms with Gasteiger partial charge in [-0.1, -0.05) is 5.92 Å². The van der Waals surface area contributed by atoms with Gasteiger partial charge in [-0.25, -0.2) is 9.18 Å². The van der Waals surface area contributed by atoms with Crippen molar-refractivity contribution in [3.05, 3.63) is 29.6 Å². The molecule has 4 N–H and O–H groups in total. The van der Waals surface area contributed by atoms with Crippen LogP contribution in [0.5, 0.6) is 0 Å². The van der Waals surface area contributed by atoms with Crippen molar-refractivity contribution < 1.29 is 29.0 Å². The number of nitrogens with one attached hydrogen (secondary N) is 2. The summed E-state index contributed by atoms with van der Waals surface area (Å²) in [6.07, 6.45) is 4.35. The number of halogens is 1. The van der Waals surface area contributed by atoms with E-state index in [2.05, 4.69) is 16.6 Å². The van der Waals surface area contributed by atoms with Crippen molar-refractivity contribution in [2.75, 3.05) is 11.9 Å². The number of carbonyl (C=O) groups excluding carboxylic acids is 1. The van der Waals surface area contributed by atoms with Crippen LogP contribution in [0.4, 0.5) is 10.1 Å². The van der Waals surface area contributed by atoms with Crippen molar-refractivity contribution in [3.63, 3.8) is 0 Å². The molecule has 0 aliphatic heterocycles. The monoisotopic (exact) mass is 322 g/mol. The molecule has 23 heavy (non-hydrogen) atoms. The second-order valence-electron chi connectivity index (χ2n) is 4.55. The maximum atomic E-state index is 13.8. The molecule has 1 aromatic carbocycles. The van der Waals surface area contributed by atoms with E-state index in [1.54, 1.807) is 0 Å². The van der Waals surface area contributed by atoms with Gasteiger partial charge in [-0.3, -0.25) is 9.59 Å². The van der Waals surface area contributed by atoms with Crippen molar-refractivity contribution in [2.45, 2.75) is 18.9 Å². The Labute approximate surface area is 131 Å². The van der Waals surface area contributed by atoms with Gasteiger partial charge in [0.05, 0.1) is 12.2 Å². The molecule has 0 saturated heterocycles. The summed E-state index contributed by atoms with van der Waals surface area (Å²) < 4.78 is 13.8. The number of hydrogen-bond donors (Lipinski definition) is 4. The molecule has 1 amide bonds. The summed E-state index contributed by atoms with van der Waals surface area (Å²) in [5.74, 6) is -1.81. The van der Waals surface area contributed by atoms with Crippen LogP contribution in [0.25, 0.3) is 0 Å². The lowest BCUT2D eigenvalue weighted by Gasteiger charge is -2.14. The van der Waals surface area contributed by atoms with Crippen LogP contribution in [0.2, 0.25) is 0 Å². The fraction of sp³-hybridized carbons (Fsp3) is 0.267. The highest BCUT2D eigenvalue weighted by Crippen LogP contribution is 2.15. The summed E-state index contributed by atoms with van der Waals surface area (Å²) in [5, 5.41) is 22.3. The highest BCUT2D eigenvalue weighted by molar-refractivity contribution is 5.97. The lowest BCUT2D eigenvalue weighted by atomic mass is 10.1. The molecular weight excluding hydrogens is 307 g/mol. The highest BCUT2D eigenvalue weighted by atomic mass is 19.1. The fourth-order valence-corrected chi connectivity index (χ4v) is 1.71. The molecule has 0 heterocycles. The smallest absolute Gasteiger partial charge is 0.326 e. The molecule has 0 bridgehead atoms. The third-order valence-electron chi connectivity index (χ3n) is 2.86. The maximum Gasteiger partial charge on any atom is 0.326 e. The average Bonchev–Trinajstić information content (AvgIpc) is 2.49. The number of amides is 1. The molecule has 7 nitrogen and oxygen atoms in total. The van der Waals surface area contributed by atoms with Crippen LogP contribution in [-0.2, 0) is 9.59 Å². The van der Waals surface area contributed by atoms with E-state index in [4.69, 9.17) is 16.6 Å². The van der Waals surface area contributed by atoms with Crippen LogP contribution in [0.15, 0.2) is 18.2 Å². The Morgan fingerprint density at radius 1 is 1.30 bits per heavy atom. The van der Waals surface area contributed by atoms with Crippen molar-refractivity contribution in [1.82, 2.24) is 5.32 Å². The Morgan fingerprint density at radius 3 is 2.52 bits per heavy atom. The van der Waals surface area contributed by atoms with E-state index in [0.717, 1.165) is 6.07 Å². The van der Waals surface area contributed by atoms with E-state index in [1.807, 2.05) is 0 Å². The van der Waals surface area contributed by atoms with Gasteiger partial charge in [0.2, 0.25) is 0 Å². The molecule has 1 aromatic rings. The first kappa shape index (κ1) is 18.0. The van der Waals surface area contributed by atoms with E-state index in [1.165, 1.54) is 12.1 Å². The van der Waals surface area contributed by atoms with E-state index in [9.17, 15) is 18.8 Å². The molecule has 1 rings (SSSR count). The van der Waals surface area contributed by atoms with E-state index < -0.39 is 36.1 Å². The van der Waals surface area contributed by atoms with E-state index in [-0.39, 0.29) is 24.2 Å². The van der Waals surface area contributed by atoms with Crippen LogP contribution >= 0.6 is 0 Å². The molecular formula is C15H15FN2O5. The lowest BCUT2D eigenvalue weighted by molar-refractivity contribution is -0.140. The van der Waals surface area contributed by atoms with Crippen molar-refractivity contribution in [2.24, 2.45) is 0 Å². The Kier molecular flexibility index (Phi) is 6.55. The third kappa shape index (κ3) is 5.67. The Morgan fingerprint density at radius 2 is 2.00 bits per heavy atom. The van der Waals surface area contributed by atoms with Gasteiger partial charge >= 0.3 is 11.9 Å². The van der Waals surface area contributed by atoms with Crippen LogP contribution in [0, 0.1) is 18.2 Å². The number of terminal acetylenes is 1. The zero-order chi connectivity index (χ0) is 17.4. The van der Waals surface area contributed by atoms with Gasteiger partial charge < -0.3 is 20.8 Å². The fourth-order valence-electron chi connectivity index (χ4n) is 1.71. The molecule has 122 valence electrons. The topological polar surface area (TPSA) is 116 Å². The minimum atomic E-state index is -1.37. The van der Waals surface area contributed by atoms with Crippen LogP contribution in [0.3, 0.4) is 0 Å². The number of rotatable bonds is 8. The van der Waals surface area contributed by atoms with Gasteiger partial charge in [0.25, 0.3) is 5.91 Å². The number of hydrogen-bond acceptors (Lipinski definition) is 4. The Balaban J connectivity index is 2.79. The molecule has 0 fully saturated rings. The van der Waals surface area contributed by atoms with E-state index in [0.29, 0.717) is 0 Å². The molecule has 1 atom stereocenters. The first-order chi connectivity index (χ1) is 10.8. The summed E-state index contributed by atoms with van der Waals surface area (Å²) >= 11 is 0. The van der Waals surface area contributed by atoms with Gasteiger partial charge in [-0.2, -0.15) is 0 Å². The number of carboxylic acids is 2. The van der Waals surface area contributed by atoms with Crippen LogP contribution < -0.4 is 10.6 Å². The third-order valence-corrected chi connectivity index (χ3v) is 2.86. The summed E-state index contributed by atoms with van der Waals surface area (Å²) in [5.41, 5.74) is 0.0236. The molecule has 0 unspecified atom stereocenters. The number of anilines is 1. The second kappa shape index (κ2) is 8.38. The molecule has 0 radical (unpaired) electrons. The Bertz CT molecular complexity index is 654. The van der Waals surface area contributed by atoms with E-state index >= 15 is 0 Å². The summed E-state index contributed by atoms with van der Waals surface area (Å²) in [4.78, 5) is 33.4. The molecule has 0 saturated carbocycles. The SMILES string of the molecule is C#CCNc1ccc(C(=O)N[C@H](CCC(=O)O)C(=O)O)cc1F. The van der Waals surface area contributed by atoms with Crippen LogP contribution in [0.1, 0.15) is 23.2 Å². The predicted molar refractivity (Wildman–Crippen MR) is 79.5 cm³/mol. The standard InChI is InChI=1S/C15H15FN2O5/c1-2-7-17-11-4-3-9(8-10(11)16)14(21)18-12(15(22)23)5-6-13(19)20/h1,3-4,8,12,17H,5-7H2,(H,18,21)(H,19,20)(H,22,23)/t12-/m1/s1. The minimum Gasteiger partial charge on any atom is -0.481 e. The van der Waals surface area contributed by atoms with Gasteiger partial charge in [0, 0.05) is 12.0 Å². The summed E-state index contributed by atoms with van der Waals surface area (Å²) in [7, 11) is 0. The van der Waals surface area contributed by atoms with Crippen molar-refractivity contribution in [3.8, 4) is 12.3 Å². The number of aliphatic carboxylic acids is 2. The number of benzene rings is 1. The Hall–Kier alpha value is -3.08. The van der Waals surface area contributed by atoms with Crippen LogP contribution in [-0.4, -0.2) is 40.6 Å². The number of carbonyl (C=O) groups is 3. The summed E-state index contributed by atoms with van der Waals surface area (Å²) in [6, 6.07) is 2.16. The van der Waals surface area contributed by atoms with Gasteiger partial charge in [-0.05, 0) is 24.6 Å². The van der Waals surface area contributed by atoms with Gasteiger partial charge in [-0.15, -0.1) is 6.42 Å². The lowest BCUT2D eigenvalue weighted by Crippen LogP contribution is -2.41. The number of carboxylic acid groups (broad SMARTS) is 2.